The fourth-order valence-corrected chi connectivity index (χ4v) is 5.36. The Balaban J connectivity index is 1.86. The molecule has 1 aliphatic rings. The molecule has 1 heterocycles. The van der Waals surface area contributed by atoms with Crippen molar-refractivity contribution >= 4 is 33.2 Å². The smallest absolute Gasteiger partial charge is 0.218 e. The summed E-state index contributed by atoms with van der Waals surface area (Å²) in [7, 11) is -2.06. The molecule has 0 spiro atoms. The zero-order valence-electron chi connectivity index (χ0n) is 15.6. The number of aliphatic hydroxyl groups is 1. The second-order valence-electron chi connectivity index (χ2n) is 7.11. The number of likely N-dealkylation sites (tertiary alicyclic amines) is 1. The number of hydrogen-bond acceptors (Lipinski definition) is 4. The summed E-state index contributed by atoms with van der Waals surface area (Å²) in [5.41, 5.74) is 1.39. The van der Waals surface area contributed by atoms with Gasteiger partial charge in [0.15, 0.2) is 0 Å². The van der Waals surface area contributed by atoms with Gasteiger partial charge < -0.3 is 5.11 Å². The zero-order chi connectivity index (χ0) is 20.3. The molecule has 0 aromatic heterocycles. The Morgan fingerprint density at radius 2 is 1.89 bits per heavy atom. The molecule has 28 heavy (non-hydrogen) atoms. The normalized spacial score (nSPS) is 19.2. The van der Waals surface area contributed by atoms with Crippen molar-refractivity contribution in [1.82, 2.24) is 9.21 Å². The van der Waals surface area contributed by atoms with E-state index in [1.807, 2.05) is 30.3 Å². The van der Waals surface area contributed by atoms with E-state index in [1.165, 1.54) is 4.31 Å². The van der Waals surface area contributed by atoms with E-state index in [0.717, 1.165) is 12.1 Å². The van der Waals surface area contributed by atoms with Crippen molar-refractivity contribution in [3.63, 3.8) is 0 Å². The number of likely N-dealkylation sites (N-methyl/N-ethyl adjacent to an activating group) is 1. The Labute approximate surface area is 176 Å². The van der Waals surface area contributed by atoms with Crippen molar-refractivity contribution < 1.29 is 13.5 Å². The first-order chi connectivity index (χ1) is 13.3. The average molecular weight is 443 g/mol. The van der Waals surface area contributed by atoms with Crippen LogP contribution in [-0.2, 0) is 15.8 Å². The van der Waals surface area contributed by atoms with Crippen molar-refractivity contribution in [2.75, 3.05) is 26.7 Å². The number of halogens is 2. The van der Waals surface area contributed by atoms with Crippen molar-refractivity contribution in [2.45, 2.75) is 24.3 Å². The molecule has 1 fully saturated rings. The first-order valence-electron chi connectivity index (χ1n) is 9.12. The molecule has 3 rings (SSSR count). The van der Waals surface area contributed by atoms with Gasteiger partial charge in [-0.3, -0.25) is 4.90 Å². The minimum atomic E-state index is -3.65. The van der Waals surface area contributed by atoms with Gasteiger partial charge in [-0.05, 0) is 23.6 Å². The van der Waals surface area contributed by atoms with Crippen LogP contribution in [0.25, 0.3) is 0 Å². The molecule has 0 aliphatic carbocycles. The highest BCUT2D eigenvalue weighted by atomic mass is 35.5. The Kier molecular flexibility index (Phi) is 7.02. The van der Waals surface area contributed by atoms with Gasteiger partial charge in [-0.25, -0.2) is 8.42 Å². The van der Waals surface area contributed by atoms with Gasteiger partial charge >= 0.3 is 0 Å². The number of β-amino-alcohol motifs (C(OH)–C–C–N with tert-alkyl or cyclic N) is 1. The van der Waals surface area contributed by atoms with Gasteiger partial charge in [0, 0.05) is 26.7 Å². The topological polar surface area (TPSA) is 60.9 Å². The standard InChI is InChI=1S/C20H24Cl2N2O3S/c1-23(28(26,27)14-16-8-5-9-18(21)20(16)22)19(15-6-3-2-4-7-15)13-24-11-10-17(25)12-24/h2-9,17,19,25H,10-14H2,1H3. The molecule has 8 heteroatoms. The number of hydrogen-bond donors (Lipinski definition) is 1. The van der Waals surface area contributed by atoms with Gasteiger partial charge in [0.2, 0.25) is 10.0 Å². The summed E-state index contributed by atoms with van der Waals surface area (Å²) < 4.78 is 27.8. The van der Waals surface area contributed by atoms with Gasteiger partial charge in [0.25, 0.3) is 0 Å². The van der Waals surface area contributed by atoms with E-state index in [4.69, 9.17) is 23.2 Å². The van der Waals surface area contributed by atoms with Crippen molar-refractivity contribution in [1.29, 1.82) is 0 Å². The molecule has 5 nitrogen and oxygen atoms in total. The Morgan fingerprint density at radius 1 is 1.18 bits per heavy atom. The lowest BCUT2D eigenvalue weighted by molar-refractivity contribution is 0.167. The van der Waals surface area contributed by atoms with Crippen LogP contribution in [0.5, 0.6) is 0 Å². The number of aliphatic hydroxyl groups excluding tert-OH is 1. The molecular formula is C20H24Cl2N2O3S. The largest absolute Gasteiger partial charge is 0.392 e. The molecule has 0 amide bonds. The molecule has 0 saturated carbocycles. The van der Waals surface area contributed by atoms with E-state index in [0.29, 0.717) is 30.1 Å². The minimum Gasteiger partial charge on any atom is -0.392 e. The van der Waals surface area contributed by atoms with E-state index >= 15 is 0 Å². The number of sulfonamides is 1. The fourth-order valence-electron chi connectivity index (χ4n) is 3.48. The Morgan fingerprint density at radius 3 is 2.54 bits per heavy atom. The monoisotopic (exact) mass is 442 g/mol. The maximum atomic E-state index is 13.2. The van der Waals surface area contributed by atoms with Crippen LogP contribution in [0.3, 0.4) is 0 Å². The summed E-state index contributed by atoms with van der Waals surface area (Å²) in [6.45, 7) is 1.82. The minimum absolute atomic E-state index is 0.227. The maximum Gasteiger partial charge on any atom is 0.218 e. The van der Waals surface area contributed by atoms with E-state index in [2.05, 4.69) is 4.90 Å². The molecule has 2 aromatic rings. The predicted molar refractivity (Wildman–Crippen MR) is 113 cm³/mol. The first-order valence-corrected chi connectivity index (χ1v) is 11.5. The molecule has 0 bridgehead atoms. The summed E-state index contributed by atoms with van der Waals surface area (Å²) in [4.78, 5) is 2.10. The van der Waals surface area contributed by atoms with Gasteiger partial charge in [-0.15, -0.1) is 0 Å². The van der Waals surface area contributed by atoms with Crippen LogP contribution in [0.15, 0.2) is 48.5 Å². The molecule has 0 radical (unpaired) electrons. The van der Waals surface area contributed by atoms with Crippen molar-refractivity contribution in [3.8, 4) is 0 Å². The van der Waals surface area contributed by atoms with E-state index < -0.39 is 10.0 Å². The van der Waals surface area contributed by atoms with Crippen LogP contribution < -0.4 is 0 Å². The highest BCUT2D eigenvalue weighted by molar-refractivity contribution is 7.88. The van der Waals surface area contributed by atoms with Crippen LogP contribution in [0, 0.1) is 0 Å². The maximum absolute atomic E-state index is 13.2. The molecule has 1 saturated heterocycles. The third-order valence-electron chi connectivity index (χ3n) is 5.11. The zero-order valence-corrected chi connectivity index (χ0v) is 18.0. The summed E-state index contributed by atoms with van der Waals surface area (Å²) >= 11 is 12.2. The van der Waals surface area contributed by atoms with Gasteiger partial charge in [-0.2, -0.15) is 4.31 Å². The summed E-state index contributed by atoms with van der Waals surface area (Å²) in [5, 5.41) is 10.4. The van der Waals surface area contributed by atoms with Crippen LogP contribution in [0.4, 0.5) is 0 Å². The van der Waals surface area contributed by atoms with Crippen molar-refractivity contribution in [3.05, 3.63) is 69.7 Å². The van der Waals surface area contributed by atoms with Crippen LogP contribution in [0.2, 0.25) is 10.0 Å². The fraction of sp³-hybridized carbons (Fsp3) is 0.400. The molecule has 1 N–H and O–H groups in total. The van der Waals surface area contributed by atoms with Gasteiger partial charge in [0.1, 0.15) is 0 Å². The van der Waals surface area contributed by atoms with Crippen LogP contribution in [-0.4, -0.2) is 55.5 Å². The second kappa shape index (κ2) is 9.11. The third-order valence-corrected chi connectivity index (χ3v) is 7.78. The Hall–Kier alpha value is -1.15. The predicted octanol–water partition coefficient (Wildman–Crippen LogP) is 3.56. The summed E-state index contributed by atoms with van der Waals surface area (Å²) in [5.74, 6) is -0.227. The van der Waals surface area contributed by atoms with E-state index in [1.54, 1.807) is 25.2 Å². The lowest BCUT2D eigenvalue weighted by atomic mass is 10.1. The first kappa shape index (κ1) is 21.6. The van der Waals surface area contributed by atoms with Crippen molar-refractivity contribution in [2.24, 2.45) is 0 Å². The quantitative estimate of drug-likeness (QED) is 0.711. The van der Waals surface area contributed by atoms with Gasteiger partial charge in [-0.1, -0.05) is 65.7 Å². The molecule has 2 aromatic carbocycles. The lowest BCUT2D eigenvalue weighted by Crippen LogP contribution is -2.39. The Bertz CT molecular complexity index is 909. The number of nitrogens with zero attached hydrogens (tertiary/aromatic N) is 2. The highest BCUT2D eigenvalue weighted by Crippen LogP contribution is 2.30. The second-order valence-corrected chi connectivity index (χ2v) is 9.93. The molecule has 1 aliphatic heterocycles. The molecule has 2 atom stereocenters. The average Bonchev–Trinajstić information content (AvgIpc) is 3.08. The lowest BCUT2D eigenvalue weighted by Gasteiger charge is -2.31. The van der Waals surface area contributed by atoms with Crippen LogP contribution >= 0.6 is 23.2 Å². The third kappa shape index (κ3) is 5.06. The molecular weight excluding hydrogens is 419 g/mol. The van der Waals surface area contributed by atoms with Crippen LogP contribution in [0.1, 0.15) is 23.6 Å². The summed E-state index contributed by atoms with van der Waals surface area (Å²) in [6.07, 6.45) is 0.347. The number of benzene rings is 2. The summed E-state index contributed by atoms with van der Waals surface area (Å²) in [6, 6.07) is 14.2. The van der Waals surface area contributed by atoms with E-state index in [9.17, 15) is 13.5 Å². The molecule has 2 unspecified atom stereocenters. The van der Waals surface area contributed by atoms with Gasteiger partial charge in [0.05, 0.1) is 27.9 Å². The molecule has 152 valence electrons. The SMILES string of the molecule is CN(C(CN1CCC(O)C1)c1ccccc1)S(=O)(=O)Cc1cccc(Cl)c1Cl. The highest BCUT2D eigenvalue weighted by Gasteiger charge is 2.32. The van der Waals surface area contributed by atoms with E-state index in [-0.39, 0.29) is 22.9 Å². The number of rotatable bonds is 7.